The van der Waals surface area contributed by atoms with Gasteiger partial charge in [0.2, 0.25) is 0 Å². The summed E-state index contributed by atoms with van der Waals surface area (Å²) in [6, 6.07) is 0.323. The number of urea groups is 1. The van der Waals surface area contributed by atoms with E-state index in [4.69, 9.17) is 4.74 Å². The number of nitrogens with zero attached hydrogens (tertiary/aromatic N) is 1. The highest BCUT2D eigenvalue weighted by Crippen LogP contribution is 2.38. The number of hydrogen-bond donors (Lipinski definition) is 1. The van der Waals surface area contributed by atoms with Gasteiger partial charge in [0, 0.05) is 32.0 Å². The van der Waals surface area contributed by atoms with Gasteiger partial charge in [-0.3, -0.25) is 0 Å². The van der Waals surface area contributed by atoms with Crippen molar-refractivity contribution in [3.05, 3.63) is 0 Å². The summed E-state index contributed by atoms with van der Waals surface area (Å²) in [7, 11) is 1.83. The molecule has 2 saturated heterocycles. The summed E-state index contributed by atoms with van der Waals surface area (Å²) < 4.78 is 5.94. The van der Waals surface area contributed by atoms with Crippen LogP contribution in [0.15, 0.2) is 0 Å². The molecule has 0 aromatic rings. The van der Waals surface area contributed by atoms with Gasteiger partial charge in [-0.05, 0) is 31.9 Å². The highest BCUT2D eigenvalue weighted by Gasteiger charge is 2.40. The van der Waals surface area contributed by atoms with Gasteiger partial charge < -0.3 is 15.0 Å². The van der Waals surface area contributed by atoms with E-state index in [0.29, 0.717) is 0 Å². The zero-order valence-electron chi connectivity index (χ0n) is 10.7. The number of ether oxygens (including phenoxy) is 1. The summed E-state index contributed by atoms with van der Waals surface area (Å²) in [5.41, 5.74) is 0.0473. The summed E-state index contributed by atoms with van der Waals surface area (Å²) in [5.74, 6) is 2.28. The lowest BCUT2D eigenvalue weighted by atomic mass is 9.90. The van der Waals surface area contributed by atoms with Crippen LogP contribution in [0.1, 0.15) is 26.2 Å². The smallest absolute Gasteiger partial charge is 0.317 e. The minimum Gasteiger partial charge on any atom is -0.374 e. The van der Waals surface area contributed by atoms with Crippen LogP contribution in [-0.2, 0) is 4.74 Å². The second-order valence-corrected chi connectivity index (χ2v) is 6.09. The van der Waals surface area contributed by atoms with E-state index in [1.54, 1.807) is 4.90 Å². The molecule has 0 saturated carbocycles. The molecule has 0 bridgehead atoms. The Bertz CT molecular complexity index is 280. The van der Waals surface area contributed by atoms with Crippen molar-refractivity contribution in [2.45, 2.75) is 37.8 Å². The molecular weight excluding hydrogens is 236 g/mol. The van der Waals surface area contributed by atoms with E-state index >= 15 is 0 Å². The highest BCUT2D eigenvalue weighted by molar-refractivity contribution is 7.99. The van der Waals surface area contributed by atoms with Crippen molar-refractivity contribution in [1.82, 2.24) is 10.2 Å². The van der Waals surface area contributed by atoms with Crippen LogP contribution in [0.4, 0.5) is 4.79 Å². The van der Waals surface area contributed by atoms with Crippen molar-refractivity contribution in [3.8, 4) is 0 Å². The Labute approximate surface area is 107 Å². The van der Waals surface area contributed by atoms with Gasteiger partial charge in [0.1, 0.15) is 0 Å². The van der Waals surface area contributed by atoms with Crippen LogP contribution in [0.5, 0.6) is 0 Å². The third kappa shape index (κ3) is 3.07. The SMILES string of the molecule is CCN(C)C(=O)NC1CCOC2(CCSC2)C1. The number of carbonyl (C=O) groups excluding carboxylic acids is 1. The number of carbonyl (C=O) groups is 1. The lowest BCUT2D eigenvalue weighted by Gasteiger charge is -2.38. The number of amides is 2. The van der Waals surface area contributed by atoms with Crippen LogP contribution in [0.25, 0.3) is 0 Å². The molecule has 2 heterocycles. The quantitative estimate of drug-likeness (QED) is 0.819. The highest BCUT2D eigenvalue weighted by atomic mass is 32.2. The van der Waals surface area contributed by atoms with Crippen LogP contribution < -0.4 is 5.32 Å². The Kier molecular flexibility index (Phi) is 4.20. The van der Waals surface area contributed by atoms with Crippen LogP contribution in [0, 0.1) is 0 Å². The van der Waals surface area contributed by atoms with Gasteiger partial charge in [-0.25, -0.2) is 4.79 Å². The Morgan fingerprint density at radius 2 is 2.47 bits per heavy atom. The molecule has 1 N–H and O–H groups in total. The van der Waals surface area contributed by atoms with Crippen LogP contribution in [0.3, 0.4) is 0 Å². The molecule has 5 heteroatoms. The molecule has 0 radical (unpaired) electrons. The molecule has 2 rings (SSSR count). The fourth-order valence-corrected chi connectivity index (χ4v) is 3.82. The molecule has 2 aliphatic heterocycles. The molecule has 1 spiro atoms. The first-order valence-corrected chi connectivity index (χ1v) is 7.54. The average molecular weight is 258 g/mol. The van der Waals surface area contributed by atoms with E-state index in [9.17, 15) is 4.79 Å². The molecule has 2 amide bonds. The van der Waals surface area contributed by atoms with Crippen molar-refractivity contribution >= 4 is 17.8 Å². The fourth-order valence-electron chi connectivity index (χ4n) is 2.44. The largest absolute Gasteiger partial charge is 0.374 e. The van der Waals surface area contributed by atoms with Crippen molar-refractivity contribution in [3.63, 3.8) is 0 Å². The van der Waals surface area contributed by atoms with E-state index in [0.717, 1.165) is 38.2 Å². The molecular formula is C12H22N2O2S. The summed E-state index contributed by atoms with van der Waals surface area (Å²) in [6.07, 6.45) is 3.05. The zero-order chi connectivity index (χ0) is 12.3. The van der Waals surface area contributed by atoms with Crippen molar-refractivity contribution in [2.24, 2.45) is 0 Å². The first kappa shape index (κ1) is 13.0. The molecule has 4 nitrogen and oxygen atoms in total. The molecule has 2 unspecified atom stereocenters. The second kappa shape index (κ2) is 5.48. The standard InChI is InChI=1S/C12H22N2O2S/c1-3-14(2)11(15)13-10-4-6-16-12(8-10)5-7-17-9-12/h10H,3-9H2,1-2H3,(H,13,15). The van der Waals surface area contributed by atoms with E-state index < -0.39 is 0 Å². The minimum absolute atomic E-state index is 0.0419. The van der Waals surface area contributed by atoms with Crippen LogP contribution >= 0.6 is 11.8 Å². The number of thioether (sulfide) groups is 1. The molecule has 98 valence electrons. The van der Waals surface area contributed by atoms with Crippen molar-refractivity contribution < 1.29 is 9.53 Å². The third-order valence-corrected chi connectivity index (χ3v) is 4.93. The Morgan fingerprint density at radius 1 is 1.65 bits per heavy atom. The van der Waals surface area contributed by atoms with E-state index in [1.165, 1.54) is 5.75 Å². The van der Waals surface area contributed by atoms with Crippen molar-refractivity contribution in [2.75, 3.05) is 31.7 Å². The summed E-state index contributed by atoms with van der Waals surface area (Å²) >= 11 is 1.96. The number of rotatable bonds is 2. The molecule has 17 heavy (non-hydrogen) atoms. The predicted molar refractivity (Wildman–Crippen MR) is 70.5 cm³/mol. The summed E-state index contributed by atoms with van der Waals surface area (Å²) in [4.78, 5) is 13.5. The Balaban J connectivity index is 1.87. The van der Waals surface area contributed by atoms with E-state index in [-0.39, 0.29) is 17.7 Å². The number of hydrogen-bond acceptors (Lipinski definition) is 3. The molecule has 2 fully saturated rings. The van der Waals surface area contributed by atoms with Gasteiger partial charge in [-0.15, -0.1) is 0 Å². The Morgan fingerprint density at radius 3 is 3.12 bits per heavy atom. The van der Waals surface area contributed by atoms with Gasteiger partial charge in [0.15, 0.2) is 0 Å². The molecule has 0 aliphatic carbocycles. The monoisotopic (exact) mass is 258 g/mol. The topological polar surface area (TPSA) is 41.6 Å². The van der Waals surface area contributed by atoms with E-state index in [2.05, 4.69) is 5.32 Å². The maximum atomic E-state index is 11.8. The Hall–Kier alpha value is -0.420. The predicted octanol–water partition coefficient (Wildman–Crippen LogP) is 1.70. The first-order chi connectivity index (χ1) is 8.15. The molecule has 0 aromatic carbocycles. The molecule has 0 aromatic heterocycles. The van der Waals surface area contributed by atoms with Crippen LogP contribution in [0.2, 0.25) is 0 Å². The minimum atomic E-state index is 0.0419. The zero-order valence-corrected chi connectivity index (χ0v) is 11.5. The maximum absolute atomic E-state index is 11.8. The van der Waals surface area contributed by atoms with Gasteiger partial charge in [-0.1, -0.05) is 0 Å². The van der Waals surface area contributed by atoms with E-state index in [1.807, 2.05) is 25.7 Å². The number of nitrogens with one attached hydrogen (secondary N) is 1. The third-order valence-electron chi connectivity index (χ3n) is 3.71. The van der Waals surface area contributed by atoms with Gasteiger partial charge in [0.25, 0.3) is 0 Å². The maximum Gasteiger partial charge on any atom is 0.317 e. The van der Waals surface area contributed by atoms with Crippen molar-refractivity contribution in [1.29, 1.82) is 0 Å². The molecule has 2 atom stereocenters. The fraction of sp³-hybridized carbons (Fsp3) is 0.917. The lowest BCUT2D eigenvalue weighted by molar-refractivity contribution is -0.0687. The van der Waals surface area contributed by atoms with Gasteiger partial charge in [0.05, 0.1) is 5.60 Å². The summed E-state index contributed by atoms with van der Waals surface area (Å²) in [6.45, 7) is 3.51. The van der Waals surface area contributed by atoms with Gasteiger partial charge >= 0.3 is 6.03 Å². The second-order valence-electron chi connectivity index (χ2n) is 4.99. The average Bonchev–Trinajstić information content (AvgIpc) is 2.76. The lowest BCUT2D eigenvalue weighted by Crippen LogP contribution is -2.51. The molecule has 2 aliphatic rings. The van der Waals surface area contributed by atoms with Gasteiger partial charge in [-0.2, -0.15) is 11.8 Å². The van der Waals surface area contributed by atoms with Crippen LogP contribution in [-0.4, -0.2) is 54.3 Å². The first-order valence-electron chi connectivity index (χ1n) is 6.38. The summed E-state index contributed by atoms with van der Waals surface area (Å²) in [5, 5.41) is 3.12. The normalized spacial score (nSPS) is 32.7.